The lowest BCUT2D eigenvalue weighted by molar-refractivity contribution is -0.137. The van der Waals surface area contributed by atoms with Gasteiger partial charge in [-0.15, -0.1) is 0 Å². The van der Waals surface area contributed by atoms with E-state index >= 15 is 0 Å². The van der Waals surface area contributed by atoms with Crippen LogP contribution in [0.25, 0.3) is 6.08 Å². The van der Waals surface area contributed by atoms with Crippen molar-refractivity contribution in [1.29, 1.82) is 5.26 Å². The van der Waals surface area contributed by atoms with Crippen molar-refractivity contribution < 1.29 is 18.0 Å². The number of urea groups is 1. The number of fused-ring (bicyclic) bond motifs is 2. The summed E-state index contributed by atoms with van der Waals surface area (Å²) in [6, 6.07) is 12.0. The number of hydrogen-bond acceptors (Lipinski definition) is 4. The molecule has 1 spiro atoms. The number of pyridine rings is 1. The Kier molecular flexibility index (Phi) is 8.57. The van der Waals surface area contributed by atoms with Gasteiger partial charge in [0.15, 0.2) is 0 Å². The summed E-state index contributed by atoms with van der Waals surface area (Å²) in [5.74, 6) is 0. The van der Waals surface area contributed by atoms with Crippen molar-refractivity contribution in [3.63, 3.8) is 0 Å². The maximum Gasteiger partial charge on any atom is 0.422 e. The number of nitrogens with one attached hydrogen (secondary N) is 2. The zero-order valence-corrected chi connectivity index (χ0v) is 24.5. The molecular weight excluding hydrogens is 610 g/mol. The predicted octanol–water partition coefficient (Wildman–Crippen LogP) is 7.50. The zero-order chi connectivity index (χ0) is 30.1. The molecule has 0 bridgehead atoms. The van der Waals surface area contributed by atoms with Crippen LogP contribution in [0, 0.1) is 11.3 Å². The molecule has 42 heavy (non-hydrogen) atoms. The Balaban J connectivity index is 1.63. The fraction of sp³-hybridized carbons (Fsp3) is 0.300. The number of hydrogen-bond donors (Lipinski definition) is 2. The van der Waals surface area contributed by atoms with Crippen molar-refractivity contribution in [2.24, 2.45) is 0 Å². The number of carbonyl (C=O) groups excluding carboxylic acids is 1. The van der Waals surface area contributed by atoms with Gasteiger partial charge in [-0.25, -0.2) is 14.3 Å². The van der Waals surface area contributed by atoms with E-state index in [1.165, 1.54) is 12.3 Å². The Bertz CT molecular complexity index is 1600. The second-order valence-electron chi connectivity index (χ2n) is 10.6. The summed E-state index contributed by atoms with van der Waals surface area (Å²) in [5.41, 5.74) is 0.175. The average molecular weight is 636 g/mol. The molecule has 0 aliphatic carbocycles. The Morgan fingerprint density at radius 1 is 1.12 bits per heavy atom. The molecule has 3 heterocycles. The highest BCUT2D eigenvalue weighted by Crippen LogP contribution is 2.52. The van der Waals surface area contributed by atoms with E-state index in [1.54, 1.807) is 48.6 Å². The molecule has 1 aromatic heterocycles. The summed E-state index contributed by atoms with van der Waals surface area (Å²) in [6.07, 6.45) is 1.49. The van der Waals surface area contributed by atoms with Gasteiger partial charge in [-0.2, -0.15) is 18.4 Å². The molecule has 12 heteroatoms. The van der Waals surface area contributed by atoms with Gasteiger partial charge in [0.25, 0.3) is 0 Å². The van der Waals surface area contributed by atoms with Gasteiger partial charge in [0, 0.05) is 24.4 Å². The quantitative estimate of drug-likeness (QED) is 0.225. The minimum absolute atomic E-state index is 0.0640. The van der Waals surface area contributed by atoms with Crippen molar-refractivity contribution in [3.05, 3.63) is 97.8 Å². The first-order valence-electron chi connectivity index (χ1n) is 13.2. The van der Waals surface area contributed by atoms with E-state index in [1.807, 2.05) is 0 Å². The van der Waals surface area contributed by atoms with Crippen LogP contribution in [0.3, 0.4) is 0 Å². The molecule has 2 aliphatic heterocycles. The highest BCUT2D eigenvalue weighted by molar-refractivity contribution is 6.42. The third kappa shape index (κ3) is 5.87. The predicted molar refractivity (Wildman–Crippen MR) is 158 cm³/mol. The van der Waals surface area contributed by atoms with Gasteiger partial charge in [-0.1, -0.05) is 46.9 Å². The van der Waals surface area contributed by atoms with E-state index in [0.717, 1.165) is 11.6 Å². The van der Waals surface area contributed by atoms with E-state index in [9.17, 15) is 23.2 Å². The number of carbonyl (C=O) groups is 1. The molecule has 5 rings (SSSR count). The first kappa shape index (κ1) is 30.3. The number of halogens is 6. The smallest absolute Gasteiger partial charge is 0.317 e. The SMILES string of the molecule is N#Cc1cc2c(cc1C(F)(F)F)[N+](C/C=C/c1ccc(Cl)c(Cl)c1)(C(=O)NCc1ccnc(Cl)c1)CC21CCNCC1. The molecule has 3 aromatic rings. The van der Waals surface area contributed by atoms with Crippen LogP contribution >= 0.6 is 34.8 Å². The first-order valence-corrected chi connectivity index (χ1v) is 14.4. The first-order chi connectivity index (χ1) is 20.0. The summed E-state index contributed by atoms with van der Waals surface area (Å²) in [6.45, 7) is 1.68. The van der Waals surface area contributed by atoms with E-state index in [4.69, 9.17) is 34.8 Å². The van der Waals surface area contributed by atoms with Crippen LogP contribution in [0.4, 0.5) is 23.7 Å². The third-order valence-electron chi connectivity index (χ3n) is 8.02. The summed E-state index contributed by atoms with van der Waals surface area (Å²) in [4.78, 5) is 18.2. The van der Waals surface area contributed by atoms with Gasteiger partial charge in [-0.05, 0) is 73.5 Å². The van der Waals surface area contributed by atoms with Crippen LogP contribution in [-0.2, 0) is 18.1 Å². The van der Waals surface area contributed by atoms with E-state index < -0.39 is 33.2 Å². The molecule has 1 unspecified atom stereocenters. The van der Waals surface area contributed by atoms with Crippen molar-refractivity contribution in [2.75, 3.05) is 26.2 Å². The molecule has 6 nitrogen and oxygen atoms in total. The van der Waals surface area contributed by atoms with E-state index in [2.05, 4.69) is 15.6 Å². The lowest BCUT2D eigenvalue weighted by atomic mass is 9.74. The van der Waals surface area contributed by atoms with Crippen LogP contribution in [0.15, 0.2) is 54.7 Å². The fourth-order valence-corrected chi connectivity index (χ4v) is 6.51. The fourth-order valence-electron chi connectivity index (χ4n) is 6.01. The van der Waals surface area contributed by atoms with Crippen LogP contribution in [0.1, 0.15) is 40.7 Å². The molecule has 0 radical (unpaired) electrons. The van der Waals surface area contributed by atoms with Gasteiger partial charge in [-0.3, -0.25) is 0 Å². The molecule has 1 atom stereocenters. The number of aromatic nitrogens is 1. The van der Waals surface area contributed by atoms with Gasteiger partial charge in [0.1, 0.15) is 23.9 Å². The maximum atomic E-state index is 14.2. The van der Waals surface area contributed by atoms with Crippen LogP contribution < -0.4 is 15.1 Å². The number of piperidine rings is 1. The van der Waals surface area contributed by atoms with Gasteiger partial charge >= 0.3 is 12.2 Å². The van der Waals surface area contributed by atoms with Crippen molar-refractivity contribution in [1.82, 2.24) is 20.1 Å². The summed E-state index contributed by atoms with van der Waals surface area (Å²) >= 11 is 18.2. The van der Waals surface area contributed by atoms with E-state index in [-0.39, 0.29) is 30.5 Å². The second-order valence-corrected chi connectivity index (χ2v) is 11.8. The largest absolute Gasteiger partial charge is 0.422 e. The molecule has 2 amide bonds. The minimum atomic E-state index is -4.78. The number of nitrogens with zero attached hydrogens (tertiary/aromatic N) is 3. The van der Waals surface area contributed by atoms with Crippen molar-refractivity contribution in [2.45, 2.75) is 31.0 Å². The lowest BCUT2D eigenvalue weighted by Crippen LogP contribution is -2.60. The molecule has 2 aromatic carbocycles. The summed E-state index contributed by atoms with van der Waals surface area (Å²) in [5, 5.41) is 16.9. The number of alkyl halides is 3. The van der Waals surface area contributed by atoms with E-state index in [0.29, 0.717) is 47.1 Å². The standard InChI is InChI=1S/C30H25Cl3F3N5O/c31-24-4-3-19(12-25(24)32)2-1-11-41(28(42)40-17-20-5-8-39-27(33)13-20)18-29(6-9-38-10-7-29)23-14-21(16-37)22(15-26(23)41)30(34,35)36/h1-5,8,12-15,38H,6-7,9-11,17-18H2/p+1/b2-1+. The number of quaternary nitrogens is 1. The number of nitriles is 1. The average Bonchev–Trinajstić information content (AvgIpc) is 3.21. The van der Waals surface area contributed by atoms with Gasteiger partial charge < -0.3 is 10.6 Å². The Hall–Kier alpha value is -3.13. The Morgan fingerprint density at radius 2 is 1.88 bits per heavy atom. The molecule has 2 aliphatic rings. The Morgan fingerprint density at radius 3 is 2.55 bits per heavy atom. The number of benzene rings is 2. The van der Waals surface area contributed by atoms with Gasteiger partial charge in [0.2, 0.25) is 0 Å². The highest BCUT2D eigenvalue weighted by Gasteiger charge is 2.58. The molecule has 2 N–H and O–H groups in total. The maximum absolute atomic E-state index is 14.2. The molecule has 1 fully saturated rings. The second kappa shape index (κ2) is 11.9. The monoisotopic (exact) mass is 634 g/mol. The topological polar surface area (TPSA) is 77.8 Å². The summed E-state index contributed by atoms with van der Waals surface area (Å²) in [7, 11) is 0. The normalized spacial score (nSPS) is 19.5. The molecular formula is C30H26Cl3F3N5O+. The van der Waals surface area contributed by atoms with Crippen molar-refractivity contribution in [3.8, 4) is 6.07 Å². The van der Waals surface area contributed by atoms with Gasteiger partial charge in [0.05, 0.1) is 32.7 Å². The number of rotatable bonds is 5. The molecule has 0 saturated carbocycles. The highest BCUT2D eigenvalue weighted by atomic mass is 35.5. The van der Waals surface area contributed by atoms with Crippen LogP contribution in [0.5, 0.6) is 0 Å². The van der Waals surface area contributed by atoms with Crippen LogP contribution in [0.2, 0.25) is 15.2 Å². The minimum Gasteiger partial charge on any atom is -0.317 e. The lowest BCUT2D eigenvalue weighted by Gasteiger charge is -2.36. The molecule has 1 saturated heterocycles. The van der Waals surface area contributed by atoms with Crippen molar-refractivity contribution >= 4 is 52.6 Å². The molecule has 218 valence electrons. The number of amides is 2. The van der Waals surface area contributed by atoms with Crippen LogP contribution in [-0.4, -0.2) is 37.2 Å². The Labute approximate surface area is 256 Å². The summed E-state index contributed by atoms with van der Waals surface area (Å²) < 4.78 is 42.2. The third-order valence-corrected chi connectivity index (χ3v) is 8.97. The zero-order valence-electron chi connectivity index (χ0n) is 22.2.